The minimum atomic E-state index is -5.03. The molecule has 28 heavy (non-hydrogen) atoms. The average Bonchev–Trinajstić information content (AvgIpc) is 2.55. The van der Waals surface area contributed by atoms with E-state index in [-0.39, 0.29) is 6.07 Å². The molecule has 0 saturated heterocycles. The van der Waals surface area contributed by atoms with Gasteiger partial charge in [-0.25, -0.2) is 4.98 Å². The minimum Gasteiger partial charge on any atom is -0.325 e. The van der Waals surface area contributed by atoms with Crippen molar-refractivity contribution in [1.82, 2.24) is 9.55 Å². The van der Waals surface area contributed by atoms with Crippen LogP contribution >= 0.6 is 0 Å². The van der Waals surface area contributed by atoms with Crippen LogP contribution in [-0.4, -0.2) is 15.5 Å². The summed E-state index contributed by atoms with van der Waals surface area (Å²) < 4.78 is 77.9. The molecule has 152 valence electrons. The number of alkyl halides is 6. The second-order valence-electron chi connectivity index (χ2n) is 5.94. The highest BCUT2D eigenvalue weighted by atomic mass is 19.4. The molecule has 0 aliphatic heterocycles. The van der Waals surface area contributed by atoms with Crippen LogP contribution in [0.2, 0.25) is 0 Å². The number of aryl methyl sites for hydroxylation is 1. The van der Waals surface area contributed by atoms with Gasteiger partial charge in [-0.2, -0.15) is 26.3 Å². The molecule has 0 fully saturated rings. The van der Waals surface area contributed by atoms with E-state index in [2.05, 4.69) is 4.98 Å². The maximum atomic E-state index is 12.8. The van der Waals surface area contributed by atoms with Gasteiger partial charge in [0.25, 0.3) is 5.56 Å². The lowest BCUT2D eigenvalue weighted by molar-refractivity contribution is -0.143. The summed E-state index contributed by atoms with van der Waals surface area (Å²) in [6.45, 7) is 1.26. The molecule has 11 heteroatoms. The molecule has 0 aliphatic carbocycles. The molecule has 5 nitrogen and oxygen atoms in total. The van der Waals surface area contributed by atoms with Gasteiger partial charge < -0.3 is 5.32 Å². The maximum Gasteiger partial charge on any atom is 0.416 e. The number of hydrogen-bond acceptors (Lipinski definition) is 3. The van der Waals surface area contributed by atoms with Crippen molar-refractivity contribution >= 4 is 11.6 Å². The zero-order chi connectivity index (χ0) is 21.1. The molecule has 1 aromatic heterocycles. The summed E-state index contributed by atoms with van der Waals surface area (Å²) in [5.74, 6) is -0.973. The number of anilines is 1. The van der Waals surface area contributed by atoms with Crippen molar-refractivity contribution in [1.29, 1.82) is 0 Å². The second kappa shape index (κ2) is 8.03. The van der Waals surface area contributed by atoms with Crippen LogP contribution in [0.5, 0.6) is 0 Å². The van der Waals surface area contributed by atoms with Gasteiger partial charge >= 0.3 is 12.4 Å². The Morgan fingerprint density at radius 2 is 1.61 bits per heavy atom. The van der Waals surface area contributed by atoms with Crippen molar-refractivity contribution in [3.63, 3.8) is 0 Å². The molecule has 0 unspecified atom stereocenters. The number of amides is 1. The first kappa shape index (κ1) is 21.5. The molecule has 0 spiro atoms. The first-order valence-electron chi connectivity index (χ1n) is 8.05. The van der Waals surface area contributed by atoms with Crippen molar-refractivity contribution in [2.45, 2.75) is 38.7 Å². The summed E-state index contributed by atoms with van der Waals surface area (Å²) in [5.41, 5.74) is -3.85. The van der Waals surface area contributed by atoms with E-state index in [0.717, 1.165) is 17.3 Å². The Kier molecular flexibility index (Phi) is 6.15. The Balaban J connectivity index is 2.25. The highest BCUT2D eigenvalue weighted by molar-refractivity contribution is 5.90. The normalized spacial score (nSPS) is 12.1. The number of carbonyl (C=O) groups is 1. The average molecular weight is 407 g/mol. The standard InChI is InChI=1S/C17H15F6N3O2/c1-2-3-12-7-15(28)26(9-24-12)8-14(27)25-13-5-10(16(18,19)20)4-11(6-13)17(21,22)23/h4-7,9H,2-3,8H2,1H3,(H,25,27). The van der Waals surface area contributed by atoms with Gasteiger partial charge in [0.15, 0.2) is 0 Å². The molecule has 2 rings (SSSR count). The number of carbonyl (C=O) groups excluding carboxylic acids is 1. The van der Waals surface area contributed by atoms with Crippen molar-refractivity contribution in [3.8, 4) is 0 Å². The summed E-state index contributed by atoms with van der Waals surface area (Å²) in [6, 6.07) is 1.94. The molecule has 1 amide bonds. The number of benzene rings is 1. The molecule has 0 aliphatic rings. The van der Waals surface area contributed by atoms with Gasteiger partial charge in [-0.1, -0.05) is 13.3 Å². The topological polar surface area (TPSA) is 64.0 Å². The fraction of sp³-hybridized carbons (Fsp3) is 0.353. The third-order valence-corrected chi connectivity index (χ3v) is 3.63. The lowest BCUT2D eigenvalue weighted by Crippen LogP contribution is -2.28. The largest absolute Gasteiger partial charge is 0.416 e. The monoisotopic (exact) mass is 407 g/mol. The fourth-order valence-electron chi connectivity index (χ4n) is 2.36. The number of aromatic nitrogens is 2. The highest BCUT2D eigenvalue weighted by Gasteiger charge is 2.37. The van der Waals surface area contributed by atoms with Crippen molar-refractivity contribution < 1.29 is 31.1 Å². The van der Waals surface area contributed by atoms with Gasteiger partial charge in [0.05, 0.1) is 17.5 Å². The maximum absolute atomic E-state index is 12.8. The summed E-state index contributed by atoms with van der Waals surface area (Å²) in [5, 5.41) is 1.96. The third kappa shape index (κ3) is 5.57. The van der Waals surface area contributed by atoms with Gasteiger partial charge in [0, 0.05) is 17.4 Å². The Morgan fingerprint density at radius 3 is 2.07 bits per heavy atom. The van der Waals surface area contributed by atoms with E-state index in [1.54, 1.807) is 0 Å². The lowest BCUT2D eigenvalue weighted by Gasteiger charge is -2.15. The van der Waals surface area contributed by atoms with Crippen LogP contribution in [0.4, 0.5) is 32.0 Å². The van der Waals surface area contributed by atoms with Crippen LogP contribution < -0.4 is 10.9 Å². The van der Waals surface area contributed by atoms with Gasteiger partial charge in [0.1, 0.15) is 6.54 Å². The van der Waals surface area contributed by atoms with Gasteiger partial charge in [0.2, 0.25) is 5.91 Å². The van der Waals surface area contributed by atoms with Crippen LogP contribution in [0.1, 0.15) is 30.2 Å². The van der Waals surface area contributed by atoms with Crippen LogP contribution in [0, 0.1) is 0 Å². The lowest BCUT2D eigenvalue weighted by atomic mass is 10.1. The number of hydrogen-bond donors (Lipinski definition) is 1. The van der Waals surface area contributed by atoms with E-state index in [0.29, 0.717) is 24.2 Å². The molecular weight excluding hydrogens is 392 g/mol. The first-order valence-corrected chi connectivity index (χ1v) is 8.05. The van der Waals surface area contributed by atoms with Gasteiger partial charge in [-0.3, -0.25) is 14.2 Å². The van der Waals surface area contributed by atoms with E-state index >= 15 is 0 Å². The number of rotatable bonds is 5. The highest BCUT2D eigenvalue weighted by Crippen LogP contribution is 2.37. The summed E-state index contributed by atoms with van der Waals surface area (Å²) >= 11 is 0. The van der Waals surface area contributed by atoms with Crippen molar-refractivity contribution in [3.05, 3.63) is 57.8 Å². The second-order valence-corrected chi connectivity index (χ2v) is 5.94. The fourth-order valence-corrected chi connectivity index (χ4v) is 2.36. The minimum absolute atomic E-state index is 0.0451. The van der Waals surface area contributed by atoms with E-state index in [4.69, 9.17) is 0 Å². The Bertz CT molecular complexity index is 886. The van der Waals surface area contributed by atoms with Crippen LogP contribution in [0.25, 0.3) is 0 Å². The SMILES string of the molecule is CCCc1cc(=O)n(CC(=O)Nc2cc(C(F)(F)F)cc(C(F)(F)F)c2)cn1. The summed E-state index contributed by atoms with van der Waals surface area (Å²) in [7, 11) is 0. The zero-order valence-electron chi connectivity index (χ0n) is 14.5. The molecule has 1 aromatic carbocycles. The van der Waals surface area contributed by atoms with E-state index < -0.39 is 47.2 Å². The number of halogens is 6. The molecule has 1 heterocycles. The van der Waals surface area contributed by atoms with Crippen LogP contribution in [0.3, 0.4) is 0 Å². The predicted octanol–water partition coefficient (Wildman–Crippen LogP) is 3.87. The summed E-state index contributed by atoms with van der Waals surface area (Å²) in [6.07, 6.45) is -7.67. The third-order valence-electron chi connectivity index (χ3n) is 3.63. The zero-order valence-corrected chi connectivity index (χ0v) is 14.5. The van der Waals surface area contributed by atoms with Crippen LogP contribution in [0.15, 0.2) is 35.4 Å². The van der Waals surface area contributed by atoms with Crippen molar-refractivity contribution in [2.24, 2.45) is 0 Å². The molecule has 0 atom stereocenters. The van der Waals surface area contributed by atoms with Crippen molar-refractivity contribution in [2.75, 3.05) is 5.32 Å². The van der Waals surface area contributed by atoms with Gasteiger partial charge in [-0.05, 0) is 24.6 Å². The summed E-state index contributed by atoms with van der Waals surface area (Å²) in [4.78, 5) is 27.9. The van der Waals surface area contributed by atoms with Crippen LogP contribution in [-0.2, 0) is 30.1 Å². The Hall–Kier alpha value is -2.85. The Labute approximate surface area is 155 Å². The van der Waals surface area contributed by atoms with E-state index in [1.165, 1.54) is 6.07 Å². The molecule has 1 N–H and O–H groups in total. The van der Waals surface area contributed by atoms with E-state index in [1.807, 2.05) is 12.2 Å². The Morgan fingerprint density at radius 1 is 1.04 bits per heavy atom. The molecule has 0 radical (unpaired) electrons. The smallest absolute Gasteiger partial charge is 0.325 e. The molecule has 0 bridgehead atoms. The number of nitrogens with zero attached hydrogens (tertiary/aromatic N) is 2. The molecular formula is C17H15F6N3O2. The van der Waals surface area contributed by atoms with E-state index in [9.17, 15) is 35.9 Å². The molecule has 2 aromatic rings. The number of nitrogens with one attached hydrogen (secondary N) is 1. The first-order chi connectivity index (χ1) is 12.9. The van der Waals surface area contributed by atoms with Gasteiger partial charge in [-0.15, -0.1) is 0 Å². The quantitative estimate of drug-likeness (QED) is 0.766. The molecule has 0 saturated carbocycles. The predicted molar refractivity (Wildman–Crippen MR) is 87.6 cm³/mol.